The zero-order chi connectivity index (χ0) is 13.8. The Bertz CT molecular complexity index is 453. The maximum absolute atomic E-state index is 11.2. The Labute approximate surface area is 114 Å². The Kier molecular flexibility index (Phi) is 4.46. The van der Waals surface area contributed by atoms with Crippen LogP contribution < -0.4 is 4.74 Å². The number of hydrogen-bond acceptors (Lipinski definition) is 2. The summed E-state index contributed by atoms with van der Waals surface area (Å²) in [4.78, 5) is 11.2. The van der Waals surface area contributed by atoms with Gasteiger partial charge in [0, 0.05) is 0 Å². The fourth-order valence-electron chi connectivity index (χ4n) is 2.86. The minimum Gasteiger partial charge on any atom is -0.489 e. The molecule has 0 spiro atoms. The van der Waals surface area contributed by atoms with Crippen LogP contribution in [0.4, 0.5) is 0 Å². The molecule has 2 unspecified atom stereocenters. The smallest absolute Gasteiger partial charge is 0.339 e. The van der Waals surface area contributed by atoms with Crippen molar-refractivity contribution in [1.29, 1.82) is 0 Å². The highest BCUT2D eigenvalue weighted by Crippen LogP contribution is 2.32. The highest BCUT2D eigenvalue weighted by atomic mass is 16.5. The number of benzene rings is 1. The number of ether oxygens (including phenoxy) is 1. The third-order valence-electron chi connectivity index (χ3n) is 4.01. The molecule has 1 aliphatic carbocycles. The largest absolute Gasteiger partial charge is 0.489 e. The van der Waals surface area contributed by atoms with Gasteiger partial charge >= 0.3 is 5.97 Å². The van der Waals surface area contributed by atoms with E-state index in [1.165, 1.54) is 19.3 Å². The highest BCUT2D eigenvalue weighted by Gasteiger charge is 2.26. The molecule has 19 heavy (non-hydrogen) atoms. The number of hydrogen-bond donors (Lipinski definition) is 1. The van der Waals surface area contributed by atoms with Gasteiger partial charge in [-0.3, -0.25) is 0 Å². The Hall–Kier alpha value is -1.51. The van der Waals surface area contributed by atoms with Crippen molar-refractivity contribution in [3.05, 3.63) is 29.3 Å². The highest BCUT2D eigenvalue weighted by molar-refractivity contribution is 5.91. The van der Waals surface area contributed by atoms with Gasteiger partial charge in [0.05, 0.1) is 0 Å². The quantitative estimate of drug-likeness (QED) is 0.890. The van der Waals surface area contributed by atoms with Crippen molar-refractivity contribution in [1.82, 2.24) is 0 Å². The molecule has 1 aromatic carbocycles. The average Bonchev–Trinajstić information content (AvgIpc) is 2.39. The van der Waals surface area contributed by atoms with E-state index in [2.05, 4.69) is 6.92 Å². The van der Waals surface area contributed by atoms with Crippen LogP contribution in [0, 0.1) is 12.8 Å². The molecule has 1 N–H and O–H groups in total. The second-order valence-electron chi connectivity index (χ2n) is 5.41. The van der Waals surface area contributed by atoms with Crippen LogP contribution in [-0.2, 0) is 0 Å². The Morgan fingerprint density at radius 3 is 2.79 bits per heavy atom. The van der Waals surface area contributed by atoms with E-state index in [-0.39, 0.29) is 11.7 Å². The second-order valence-corrected chi connectivity index (χ2v) is 5.41. The molecule has 3 heteroatoms. The topological polar surface area (TPSA) is 46.5 Å². The molecular weight excluding hydrogens is 240 g/mol. The number of rotatable bonds is 4. The maximum Gasteiger partial charge on any atom is 0.339 e. The molecule has 0 radical (unpaired) electrons. The van der Waals surface area contributed by atoms with Gasteiger partial charge in [-0.1, -0.05) is 19.4 Å². The molecule has 1 saturated carbocycles. The van der Waals surface area contributed by atoms with Crippen molar-refractivity contribution in [2.45, 2.75) is 52.1 Å². The van der Waals surface area contributed by atoms with Gasteiger partial charge in [-0.2, -0.15) is 0 Å². The monoisotopic (exact) mass is 262 g/mol. The van der Waals surface area contributed by atoms with E-state index in [1.54, 1.807) is 6.07 Å². The van der Waals surface area contributed by atoms with Crippen LogP contribution in [0.5, 0.6) is 5.75 Å². The van der Waals surface area contributed by atoms with Gasteiger partial charge in [-0.15, -0.1) is 0 Å². The standard InChI is InChI=1S/C16H22O3/c1-3-12-6-4-5-7-14(12)19-15-10-11(2)8-9-13(15)16(17)18/h8-10,12,14H,3-7H2,1-2H3,(H,17,18). The van der Waals surface area contributed by atoms with E-state index in [1.807, 2.05) is 19.1 Å². The lowest BCUT2D eigenvalue weighted by molar-refractivity contribution is 0.0664. The molecule has 1 fully saturated rings. The van der Waals surface area contributed by atoms with Crippen molar-refractivity contribution in [2.75, 3.05) is 0 Å². The van der Waals surface area contributed by atoms with Gasteiger partial charge in [-0.05, 0) is 56.2 Å². The Morgan fingerprint density at radius 2 is 2.11 bits per heavy atom. The summed E-state index contributed by atoms with van der Waals surface area (Å²) < 4.78 is 6.05. The fraction of sp³-hybridized carbons (Fsp3) is 0.562. The minimum atomic E-state index is -0.918. The summed E-state index contributed by atoms with van der Waals surface area (Å²) in [6, 6.07) is 5.29. The first-order valence-electron chi connectivity index (χ1n) is 7.12. The van der Waals surface area contributed by atoms with Crippen LogP contribution in [0.2, 0.25) is 0 Å². The van der Waals surface area contributed by atoms with Gasteiger partial charge in [0.1, 0.15) is 17.4 Å². The molecule has 0 bridgehead atoms. The van der Waals surface area contributed by atoms with Crippen molar-refractivity contribution >= 4 is 5.97 Å². The van der Waals surface area contributed by atoms with E-state index < -0.39 is 5.97 Å². The summed E-state index contributed by atoms with van der Waals surface area (Å²) in [5.41, 5.74) is 1.30. The lowest BCUT2D eigenvalue weighted by Crippen LogP contribution is -2.30. The summed E-state index contributed by atoms with van der Waals surface area (Å²) in [6.45, 7) is 4.14. The summed E-state index contributed by atoms with van der Waals surface area (Å²) in [7, 11) is 0. The van der Waals surface area contributed by atoms with Crippen LogP contribution in [0.15, 0.2) is 18.2 Å². The average molecular weight is 262 g/mol. The number of carbonyl (C=O) groups is 1. The molecule has 104 valence electrons. The van der Waals surface area contributed by atoms with E-state index >= 15 is 0 Å². The first-order chi connectivity index (χ1) is 9.11. The summed E-state index contributed by atoms with van der Waals surface area (Å²) in [5.74, 6) is 0.160. The van der Waals surface area contributed by atoms with Crippen LogP contribution in [0.1, 0.15) is 54.9 Å². The zero-order valence-corrected chi connectivity index (χ0v) is 11.7. The molecule has 2 atom stereocenters. The van der Waals surface area contributed by atoms with Crippen LogP contribution >= 0.6 is 0 Å². The Balaban J connectivity index is 2.21. The lowest BCUT2D eigenvalue weighted by atomic mass is 9.84. The molecule has 0 heterocycles. The summed E-state index contributed by atoms with van der Waals surface area (Å²) >= 11 is 0. The lowest BCUT2D eigenvalue weighted by Gasteiger charge is -2.31. The summed E-state index contributed by atoms with van der Waals surface area (Å²) in [5, 5.41) is 9.23. The van der Waals surface area contributed by atoms with Gasteiger partial charge < -0.3 is 9.84 Å². The first-order valence-corrected chi connectivity index (χ1v) is 7.12. The van der Waals surface area contributed by atoms with Crippen molar-refractivity contribution in [2.24, 2.45) is 5.92 Å². The molecule has 1 aromatic rings. The predicted octanol–water partition coefficient (Wildman–Crippen LogP) is 4.04. The Morgan fingerprint density at radius 1 is 1.37 bits per heavy atom. The molecule has 0 aliphatic heterocycles. The minimum absolute atomic E-state index is 0.165. The maximum atomic E-state index is 11.2. The van der Waals surface area contributed by atoms with Crippen LogP contribution in [0.3, 0.4) is 0 Å². The molecule has 2 rings (SSSR count). The van der Waals surface area contributed by atoms with Gasteiger partial charge in [0.15, 0.2) is 0 Å². The van der Waals surface area contributed by atoms with Gasteiger partial charge in [-0.25, -0.2) is 4.79 Å². The van der Waals surface area contributed by atoms with Crippen LogP contribution in [-0.4, -0.2) is 17.2 Å². The number of aromatic carboxylic acids is 1. The molecular formula is C16H22O3. The molecule has 0 aromatic heterocycles. The van der Waals surface area contributed by atoms with E-state index in [4.69, 9.17) is 4.74 Å². The van der Waals surface area contributed by atoms with Crippen molar-refractivity contribution in [3.8, 4) is 5.75 Å². The van der Waals surface area contributed by atoms with E-state index in [0.717, 1.165) is 18.4 Å². The predicted molar refractivity (Wildman–Crippen MR) is 74.8 cm³/mol. The van der Waals surface area contributed by atoms with Crippen LogP contribution in [0.25, 0.3) is 0 Å². The number of carboxylic acids is 1. The SMILES string of the molecule is CCC1CCCCC1Oc1cc(C)ccc1C(=O)O. The normalized spacial score (nSPS) is 23.1. The van der Waals surface area contributed by atoms with Gasteiger partial charge in [0.2, 0.25) is 0 Å². The number of aryl methyl sites for hydroxylation is 1. The second kappa shape index (κ2) is 6.09. The van der Waals surface area contributed by atoms with Crippen molar-refractivity contribution < 1.29 is 14.6 Å². The van der Waals surface area contributed by atoms with Gasteiger partial charge in [0.25, 0.3) is 0 Å². The molecule has 0 amide bonds. The van der Waals surface area contributed by atoms with E-state index in [0.29, 0.717) is 11.7 Å². The van der Waals surface area contributed by atoms with Crippen molar-refractivity contribution in [3.63, 3.8) is 0 Å². The first kappa shape index (κ1) is 13.9. The third-order valence-corrected chi connectivity index (χ3v) is 4.01. The van der Waals surface area contributed by atoms with E-state index in [9.17, 15) is 9.90 Å². The summed E-state index contributed by atoms with van der Waals surface area (Å²) in [6.07, 6.45) is 5.92. The molecule has 0 saturated heterocycles. The number of carboxylic acid groups (broad SMARTS) is 1. The fourth-order valence-corrected chi connectivity index (χ4v) is 2.86. The third kappa shape index (κ3) is 3.28. The zero-order valence-electron chi connectivity index (χ0n) is 11.7. The molecule has 3 nitrogen and oxygen atoms in total. The molecule has 1 aliphatic rings.